The summed E-state index contributed by atoms with van der Waals surface area (Å²) in [5.74, 6) is -0.906. The maximum atomic E-state index is 12.5. The maximum absolute atomic E-state index is 12.5. The highest BCUT2D eigenvalue weighted by Gasteiger charge is 2.21. The van der Waals surface area contributed by atoms with Crippen LogP contribution in [0.3, 0.4) is 0 Å². The Kier molecular flexibility index (Phi) is 8.00. The Morgan fingerprint density at radius 3 is 2.27 bits per heavy atom. The van der Waals surface area contributed by atoms with E-state index >= 15 is 0 Å². The number of rotatable bonds is 9. The van der Waals surface area contributed by atoms with Crippen LogP contribution in [0.2, 0.25) is 0 Å². The molecule has 0 heterocycles. The summed E-state index contributed by atoms with van der Waals surface area (Å²) in [6.07, 6.45) is 2.80. The van der Waals surface area contributed by atoms with Gasteiger partial charge in [-0.2, -0.15) is 0 Å². The number of sulfonamides is 1. The van der Waals surface area contributed by atoms with Gasteiger partial charge in [-0.25, -0.2) is 13.2 Å². The molecule has 2 rings (SSSR count). The third-order valence-corrected chi connectivity index (χ3v) is 5.74. The van der Waals surface area contributed by atoms with Crippen molar-refractivity contribution in [3.8, 4) is 0 Å². The molecule has 0 aliphatic rings. The van der Waals surface area contributed by atoms with Gasteiger partial charge in [-0.05, 0) is 67.8 Å². The van der Waals surface area contributed by atoms with Gasteiger partial charge in [-0.1, -0.05) is 19.4 Å². The summed E-state index contributed by atoms with van der Waals surface area (Å²) in [6.45, 7) is 5.83. The number of unbranched alkanes of at least 4 members (excludes halogenated alkanes) is 1. The molecule has 0 radical (unpaired) electrons. The van der Waals surface area contributed by atoms with E-state index in [-0.39, 0.29) is 6.54 Å². The molecule has 0 bridgehead atoms. The second kappa shape index (κ2) is 10.2. The van der Waals surface area contributed by atoms with Crippen molar-refractivity contribution >= 4 is 33.3 Å². The number of hydrogen-bond donors (Lipinski definition) is 1. The standard InChI is InChI=1S/C22H28N2O5S/c1-5-6-13-29-22(26)18-8-10-19(11-9-18)23-21(25)15-24(30(4,27)28)20-12-7-16(2)17(3)14-20/h7-12,14H,5-6,13,15H2,1-4H3,(H,23,25). The molecular formula is C22H28N2O5S. The van der Waals surface area contributed by atoms with Gasteiger partial charge in [-0.3, -0.25) is 9.10 Å². The normalized spacial score (nSPS) is 11.1. The molecular weight excluding hydrogens is 404 g/mol. The summed E-state index contributed by atoms with van der Waals surface area (Å²) in [4.78, 5) is 24.4. The van der Waals surface area contributed by atoms with Gasteiger partial charge in [-0.15, -0.1) is 0 Å². The van der Waals surface area contributed by atoms with E-state index in [4.69, 9.17) is 4.74 Å². The number of carbonyl (C=O) groups is 2. The number of amides is 1. The maximum Gasteiger partial charge on any atom is 0.338 e. The molecule has 162 valence electrons. The van der Waals surface area contributed by atoms with Gasteiger partial charge >= 0.3 is 5.97 Å². The van der Waals surface area contributed by atoms with Gasteiger partial charge in [0, 0.05) is 5.69 Å². The Labute approximate surface area is 178 Å². The summed E-state index contributed by atoms with van der Waals surface area (Å²) in [6, 6.07) is 11.5. The van der Waals surface area contributed by atoms with E-state index < -0.39 is 21.9 Å². The minimum Gasteiger partial charge on any atom is -0.462 e. The fourth-order valence-corrected chi connectivity index (χ4v) is 3.54. The van der Waals surface area contributed by atoms with E-state index in [1.807, 2.05) is 26.8 Å². The SMILES string of the molecule is CCCCOC(=O)c1ccc(NC(=O)CN(c2ccc(C)c(C)c2)S(C)(=O)=O)cc1. The smallest absolute Gasteiger partial charge is 0.338 e. The van der Waals surface area contributed by atoms with Gasteiger partial charge in [0.05, 0.1) is 24.1 Å². The molecule has 2 aromatic rings. The Morgan fingerprint density at radius 1 is 1.03 bits per heavy atom. The molecule has 0 aliphatic carbocycles. The van der Waals surface area contributed by atoms with E-state index in [0.29, 0.717) is 23.5 Å². The van der Waals surface area contributed by atoms with E-state index in [1.54, 1.807) is 36.4 Å². The zero-order valence-electron chi connectivity index (χ0n) is 17.8. The number of carbonyl (C=O) groups excluding carboxylic acids is 2. The highest BCUT2D eigenvalue weighted by atomic mass is 32.2. The molecule has 1 amide bonds. The van der Waals surface area contributed by atoms with Crippen molar-refractivity contribution in [1.82, 2.24) is 0 Å². The van der Waals surface area contributed by atoms with Crippen LogP contribution in [0, 0.1) is 13.8 Å². The van der Waals surface area contributed by atoms with Gasteiger partial charge < -0.3 is 10.1 Å². The second-order valence-electron chi connectivity index (χ2n) is 7.15. The first-order valence-electron chi connectivity index (χ1n) is 9.74. The fourth-order valence-electron chi connectivity index (χ4n) is 2.69. The minimum absolute atomic E-state index is 0.359. The van der Waals surface area contributed by atoms with Gasteiger partial charge in [0.15, 0.2) is 0 Å². The molecule has 8 heteroatoms. The van der Waals surface area contributed by atoms with Gasteiger partial charge in [0.1, 0.15) is 6.54 Å². The molecule has 7 nitrogen and oxygen atoms in total. The largest absolute Gasteiger partial charge is 0.462 e. The number of nitrogens with zero attached hydrogens (tertiary/aromatic N) is 1. The molecule has 30 heavy (non-hydrogen) atoms. The lowest BCUT2D eigenvalue weighted by Gasteiger charge is -2.22. The van der Waals surface area contributed by atoms with Crippen LogP contribution in [-0.4, -0.2) is 39.7 Å². The average Bonchev–Trinajstić information content (AvgIpc) is 2.68. The van der Waals surface area contributed by atoms with Crippen molar-refractivity contribution in [2.75, 3.05) is 29.0 Å². The molecule has 0 saturated heterocycles. The monoisotopic (exact) mass is 432 g/mol. The predicted molar refractivity (Wildman–Crippen MR) is 118 cm³/mol. The number of esters is 1. The van der Waals surface area contributed by atoms with Crippen LogP contribution in [0.15, 0.2) is 42.5 Å². The van der Waals surface area contributed by atoms with Crippen LogP contribution in [0.5, 0.6) is 0 Å². The summed E-state index contributed by atoms with van der Waals surface area (Å²) in [5, 5.41) is 2.66. The van der Waals surface area contributed by atoms with E-state index in [0.717, 1.165) is 34.5 Å². The van der Waals surface area contributed by atoms with Gasteiger partial charge in [0.2, 0.25) is 15.9 Å². The molecule has 0 atom stereocenters. The Bertz CT molecular complexity index is 1000. The fraction of sp³-hybridized carbons (Fsp3) is 0.364. The quantitative estimate of drug-likeness (QED) is 0.482. The van der Waals surface area contributed by atoms with Crippen molar-refractivity contribution in [2.45, 2.75) is 33.6 Å². The molecule has 0 aliphatic heterocycles. The number of benzene rings is 2. The van der Waals surface area contributed by atoms with E-state index in [1.165, 1.54) is 0 Å². The first kappa shape index (κ1) is 23.4. The van der Waals surface area contributed by atoms with Crippen molar-refractivity contribution in [3.05, 3.63) is 59.2 Å². The lowest BCUT2D eigenvalue weighted by Crippen LogP contribution is -2.37. The Balaban J connectivity index is 2.06. The minimum atomic E-state index is -3.65. The molecule has 0 saturated carbocycles. The zero-order chi connectivity index (χ0) is 22.3. The average molecular weight is 433 g/mol. The Morgan fingerprint density at radius 2 is 1.70 bits per heavy atom. The predicted octanol–water partition coefficient (Wildman–Crippen LogP) is 3.67. The van der Waals surface area contributed by atoms with Crippen molar-refractivity contribution in [3.63, 3.8) is 0 Å². The van der Waals surface area contributed by atoms with Crippen molar-refractivity contribution in [1.29, 1.82) is 0 Å². The van der Waals surface area contributed by atoms with Crippen molar-refractivity contribution < 1.29 is 22.7 Å². The molecule has 0 aromatic heterocycles. The number of anilines is 2. The molecule has 1 N–H and O–H groups in total. The summed E-state index contributed by atoms with van der Waals surface area (Å²) >= 11 is 0. The van der Waals surface area contributed by atoms with Crippen LogP contribution >= 0.6 is 0 Å². The number of aryl methyl sites for hydroxylation is 2. The summed E-state index contributed by atoms with van der Waals surface area (Å²) in [5.41, 5.74) is 3.24. The van der Waals surface area contributed by atoms with E-state index in [9.17, 15) is 18.0 Å². The second-order valence-corrected chi connectivity index (χ2v) is 9.06. The highest BCUT2D eigenvalue weighted by molar-refractivity contribution is 7.92. The van der Waals surface area contributed by atoms with Crippen LogP contribution in [0.1, 0.15) is 41.3 Å². The number of nitrogens with one attached hydrogen (secondary N) is 1. The van der Waals surface area contributed by atoms with Crippen LogP contribution < -0.4 is 9.62 Å². The van der Waals surface area contributed by atoms with Crippen LogP contribution in [0.4, 0.5) is 11.4 Å². The molecule has 0 fully saturated rings. The Hall–Kier alpha value is -2.87. The first-order valence-corrected chi connectivity index (χ1v) is 11.6. The van der Waals surface area contributed by atoms with Crippen LogP contribution in [0.25, 0.3) is 0 Å². The lowest BCUT2D eigenvalue weighted by molar-refractivity contribution is -0.114. The zero-order valence-corrected chi connectivity index (χ0v) is 18.6. The van der Waals surface area contributed by atoms with Crippen molar-refractivity contribution in [2.24, 2.45) is 0 Å². The third-order valence-electron chi connectivity index (χ3n) is 4.60. The summed E-state index contributed by atoms with van der Waals surface area (Å²) < 4.78 is 30.7. The van der Waals surface area contributed by atoms with E-state index in [2.05, 4.69) is 5.32 Å². The number of hydrogen-bond acceptors (Lipinski definition) is 5. The highest BCUT2D eigenvalue weighted by Crippen LogP contribution is 2.21. The lowest BCUT2D eigenvalue weighted by atomic mass is 10.1. The number of ether oxygens (including phenoxy) is 1. The topological polar surface area (TPSA) is 92.8 Å². The molecule has 0 spiro atoms. The van der Waals surface area contributed by atoms with Gasteiger partial charge in [0.25, 0.3) is 0 Å². The molecule has 2 aromatic carbocycles. The third kappa shape index (κ3) is 6.59. The molecule has 0 unspecified atom stereocenters. The summed E-state index contributed by atoms with van der Waals surface area (Å²) in [7, 11) is -3.65. The van der Waals surface area contributed by atoms with Crippen LogP contribution in [-0.2, 0) is 19.6 Å². The first-order chi connectivity index (χ1) is 14.1.